The lowest BCUT2D eigenvalue weighted by Crippen LogP contribution is -2.12. The first-order valence-electron chi connectivity index (χ1n) is 6.55. The van der Waals surface area contributed by atoms with Crippen LogP contribution in [-0.2, 0) is 4.74 Å². The number of nitrogens with one attached hydrogen (secondary N) is 1. The SMILES string of the molecule is CCCCC(C)n1ccnc1NCCCOC. The van der Waals surface area contributed by atoms with Crippen LogP contribution in [0.25, 0.3) is 0 Å². The van der Waals surface area contributed by atoms with Gasteiger partial charge in [0.2, 0.25) is 5.95 Å². The predicted octanol–water partition coefficient (Wildman–Crippen LogP) is 3.08. The Morgan fingerprint density at radius 2 is 2.29 bits per heavy atom. The first-order chi connectivity index (χ1) is 8.29. The van der Waals surface area contributed by atoms with Gasteiger partial charge in [0.05, 0.1) is 0 Å². The van der Waals surface area contributed by atoms with Crippen LogP contribution in [0, 0.1) is 0 Å². The molecule has 1 N–H and O–H groups in total. The van der Waals surface area contributed by atoms with E-state index in [9.17, 15) is 0 Å². The molecule has 0 fully saturated rings. The largest absolute Gasteiger partial charge is 0.385 e. The van der Waals surface area contributed by atoms with Crippen molar-refractivity contribution in [1.29, 1.82) is 0 Å². The van der Waals surface area contributed by atoms with Gasteiger partial charge in [-0.2, -0.15) is 0 Å². The first kappa shape index (κ1) is 14.0. The molecule has 0 aromatic carbocycles. The summed E-state index contributed by atoms with van der Waals surface area (Å²) >= 11 is 0. The maximum absolute atomic E-state index is 5.02. The van der Waals surface area contributed by atoms with Crippen molar-refractivity contribution in [2.45, 2.75) is 45.6 Å². The molecular formula is C13H25N3O. The van der Waals surface area contributed by atoms with Gasteiger partial charge in [0.15, 0.2) is 0 Å². The van der Waals surface area contributed by atoms with E-state index in [0.29, 0.717) is 6.04 Å². The number of ether oxygens (including phenoxy) is 1. The standard InChI is InChI=1S/C13H25N3O/c1-4-5-7-12(2)16-10-9-15-13(16)14-8-6-11-17-3/h9-10,12H,4-8,11H2,1-3H3,(H,14,15). The molecule has 1 aromatic heterocycles. The van der Waals surface area contributed by atoms with E-state index < -0.39 is 0 Å². The minimum absolute atomic E-state index is 0.516. The summed E-state index contributed by atoms with van der Waals surface area (Å²) in [6, 6.07) is 0.516. The van der Waals surface area contributed by atoms with E-state index in [2.05, 4.69) is 34.9 Å². The van der Waals surface area contributed by atoms with E-state index in [1.165, 1.54) is 19.3 Å². The molecule has 0 bridgehead atoms. The number of unbranched alkanes of at least 4 members (excludes halogenated alkanes) is 1. The average molecular weight is 239 g/mol. The molecular weight excluding hydrogens is 214 g/mol. The second kappa shape index (κ2) is 8.12. The third-order valence-electron chi connectivity index (χ3n) is 2.93. The zero-order chi connectivity index (χ0) is 12.5. The molecule has 0 saturated heterocycles. The van der Waals surface area contributed by atoms with Crippen molar-refractivity contribution in [2.75, 3.05) is 25.6 Å². The van der Waals surface area contributed by atoms with Gasteiger partial charge in [-0.1, -0.05) is 19.8 Å². The lowest BCUT2D eigenvalue weighted by Gasteiger charge is -2.16. The highest BCUT2D eigenvalue weighted by atomic mass is 16.5. The van der Waals surface area contributed by atoms with Crippen molar-refractivity contribution >= 4 is 5.95 Å². The summed E-state index contributed by atoms with van der Waals surface area (Å²) in [5, 5.41) is 3.36. The molecule has 98 valence electrons. The van der Waals surface area contributed by atoms with Crippen LogP contribution in [0.3, 0.4) is 0 Å². The molecule has 0 amide bonds. The van der Waals surface area contributed by atoms with E-state index in [4.69, 9.17) is 4.74 Å². The summed E-state index contributed by atoms with van der Waals surface area (Å²) in [6.07, 6.45) is 8.64. The van der Waals surface area contributed by atoms with Gasteiger partial charge in [-0.15, -0.1) is 0 Å². The van der Waals surface area contributed by atoms with Gasteiger partial charge in [0, 0.05) is 38.7 Å². The Hall–Kier alpha value is -1.03. The van der Waals surface area contributed by atoms with Crippen LogP contribution in [0.2, 0.25) is 0 Å². The van der Waals surface area contributed by atoms with Gasteiger partial charge >= 0.3 is 0 Å². The number of nitrogens with zero attached hydrogens (tertiary/aromatic N) is 2. The molecule has 1 heterocycles. The molecule has 1 aromatic rings. The van der Waals surface area contributed by atoms with Crippen molar-refractivity contribution in [3.8, 4) is 0 Å². The molecule has 0 aliphatic heterocycles. The quantitative estimate of drug-likeness (QED) is 0.673. The maximum Gasteiger partial charge on any atom is 0.203 e. The second-order valence-corrected chi connectivity index (χ2v) is 4.42. The monoisotopic (exact) mass is 239 g/mol. The highest BCUT2D eigenvalue weighted by Gasteiger charge is 2.08. The zero-order valence-corrected chi connectivity index (χ0v) is 11.3. The fraction of sp³-hybridized carbons (Fsp3) is 0.769. The maximum atomic E-state index is 5.02. The summed E-state index contributed by atoms with van der Waals surface area (Å²) < 4.78 is 7.25. The summed E-state index contributed by atoms with van der Waals surface area (Å²) in [6.45, 7) is 6.17. The van der Waals surface area contributed by atoms with Crippen LogP contribution >= 0.6 is 0 Å². The van der Waals surface area contributed by atoms with Crippen molar-refractivity contribution in [3.63, 3.8) is 0 Å². The Balaban J connectivity index is 2.41. The van der Waals surface area contributed by atoms with Crippen molar-refractivity contribution in [1.82, 2.24) is 9.55 Å². The highest BCUT2D eigenvalue weighted by Crippen LogP contribution is 2.18. The summed E-state index contributed by atoms with van der Waals surface area (Å²) in [5.74, 6) is 0.977. The lowest BCUT2D eigenvalue weighted by molar-refractivity contribution is 0.197. The van der Waals surface area contributed by atoms with Gasteiger partial charge in [-0.05, 0) is 19.8 Å². The van der Waals surface area contributed by atoms with E-state index in [-0.39, 0.29) is 0 Å². The van der Waals surface area contributed by atoms with E-state index in [1.54, 1.807) is 7.11 Å². The van der Waals surface area contributed by atoms with E-state index >= 15 is 0 Å². The molecule has 0 spiro atoms. The predicted molar refractivity (Wildman–Crippen MR) is 71.4 cm³/mol. The van der Waals surface area contributed by atoms with Crippen molar-refractivity contribution < 1.29 is 4.74 Å². The number of aromatic nitrogens is 2. The van der Waals surface area contributed by atoms with Gasteiger partial charge in [0.25, 0.3) is 0 Å². The van der Waals surface area contributed by atoms with Crippen LogP contribution in [-0.4, -0.2) is 29.8 Å². The minimum atomic E-state index is 0.516. The second-order valence-electron chi connectivity index (χ2n) is 4.42. The number of methoxy groups -OCH3 is 1. The molecule has 0 aliphatic rings. The number of hydrogen-bond donors (Lipinski definition) is 1. The summed E-state index contributed by atoms with van der Waals surface area (Å²) in [4.78, 5) is 4.35. The van der Waals surface area contributed by atoms with E-state index in [1.807, 2.05) is 6.20 Å². The Kier molecular flexibility index (Phi) is 6.70. The molecule has 0 radical (unpaired) electrons. The topological polar surface area (TPSA) is 39.1 Å². The summed E-state index contributed by atoms with van der Waals surface area (Å²) in [7, 11) is 1.73. The van der Waals surface area contributed by atoms with Gasteiger partial charge in [-0.3, -0.25) is 0 Å². The van der Waals surface area contributed by atoms with Crippen molar-refractivity contribution in [3.05, 3.63) is 12.4 Å². The Bertz CT molecular complexity index is 299. The molecule has 0 saturated carbocycles. The van der Waals surface area contributed by atoms with Crippen LogP contribution in [0.15, 0.2) is 12.4 Å². The van der Waals surface area contributed by atoms with Crippen LogP contribution in [0.1, 0.15) is 45.6 Å². The number of rotatable bonds is 9. The zero-order valence-electron chi connectivity index (χ0n) is 11.3. The minimum Gasteiger partial charge on any atom is -0.385 e. The fourth-order valence-electron chi connectivity index (χ4n) is 1.86. The number of imidazole rings is 1. The molecule has 4 nitrogen and oxygen atoms in total. The Morgan fingerprint density at radius 1 is 1.47 bits per heavy atom. The Labute approximate surface area is 104 Å². The number of anilines is 1. The van der Waals surface area contributed by atoms with Gasteiger partial charge < -0.3 is 14.6 Å². The molecule has 17 heavy (non-hydrogen) atoms. The van der Waals surface area contributed by atoms with Crippen LogP contribution in [0.5, 0.6) is 0 Å². The fourth-order valence-corrected chi connectivity index (χ4v) is 1.86. The first-order valence-corrected chi connectivity index (χ1v) is 6.55. The molecule has 1 unspecified atom stereocenters. The van der Waals surface area contributed by atoms with Crippen molar-refractivity contribution in [2.24, 2.45) is 0 Å². The van der Waals surface area contributed by atoms with Crippen LogP contribution < -0.4 is 5.32 Å². The van der Waals surface area contributed by atoms with E-state index in [0.717, 1.165) is 25.5 Å². The number of hydrogen-bond acceptors (Lipinski definition) is 3. The molecule has 1 rings (SSSR count). The third-order valence-corrected chi connectivity index (χ3v) is 2.93. The molecule has 4 heteroatoms. The average Bonchev–Trinajstić information content (AvgIpc) is 2.80. The lowest BCUT2D eigenvalue weighted by atomic mass is 10.1. The molecule has 1 atom stereocenters. The van der Waals surface area contributed by atoms with Gasteiger partial charge in [-0.25, -0.2) is 4.98 Å². The highest BCUT2D eigenvalue weighted by molar-refractivity contribution is 5.26. The van der Waals surface area contributed by atoms with Crippen LogP contribution in [0.4, 0.5) is 5.95 Å². The third kappa shape index (κ3) is 4.77. The Morgan fingerprint density at radius 3 is 3.00 bits per heavy atom. The normalized spacial score (nSPS) is 12.6. The molecule has 0 aliphatic carbocycles. The smallest absolute Gasteiger partial charge is 0.203 e. The van der Waals surface area contributed by atoms with Gasteiger partial charge in [0.1, 0.15) is 0 Å². The summed E-state index contributed by atoms with van der Waals surface area (Å²) in [5.41, 5.74) is 0.